The lowest BCUT2D eigenvalue weighted by Crippen LogP contribution is -2.60. The van der Waals surface area contributed by atoms with E-state index in [9.17, 15) is 0 Å². The quantitative estimate of drug-likeness (QED) is 0.623. The Labute approximate surface area is 168 Å². The number of piperidine rings is 2. The van der Waals surface area contributed by atoms with Crippen LogP contribution in [0.15, 0.2) is 25.3 Å². The van der Waals surface area contributed by atoms with Gasteiger partial charge in [-0.1, -0.05) is 12.2 Å². The highest BCUT2D eigenvalue weighted by Gasteiger charge is 2.43. The zero-order chi connectivity index (χ0) is 20.7. The van der Waals surface area contributed by atoms with Crippen LogP contribution >= 0.6 is 0 Å². The number of nitrogens with one attached hydrogen (secondary N) is 2. The van der Waals surface area contributed by atoms with E-state index in [2.05, 4.69) is 79.2 Å². The van der Waals surface area contributed by atoms with Crippen LogP contribution < -0.4 is 10.6 Å². The fourth-order valence-electron chi connectivity index (χ4n) is 6.17. The van der Waals surface area contributed by atoms with Gasteiger partial charge in [0.05, 0.1) is 12.2 Å². The summed E-state index contributed by atoms with van der Waals surface area (Å²) in [6, 6.07) is 0. The maximum absolute atomic E-state index is 6.71. The molecule has 0 spiro atoms. The SMILES string of the molecule is C=CC(OC(C=C)C1CC(C)(C)NC(C)(C)C1)C1CC(C)(C)NC(C)(C)C1. The van der Waals surface area contributed by atoms with Crippen molar-refractivity contribution >= 4 is 0 Å². The monoisotopic (exact) mass is 376 g/mol. The largest absolute Gasteiger partial charge is 0.366 e. The van der Waals surface area contributed by atoms with Gasteiger partial charge in [-0.15, -0.1) is 13.2 Å². The summed E-state index contributed by atoms with van der Waals surface area (Å²) in [6.07, 6.45) is 8.57. The maximum Gasteiger partial charge on any atom is 0.0790 e. The van der Waals surface area contributed by atoms with Gasteiger partial charge >= 0.3 is 0 Å². The first kappa shape index (κ1) is 22.6. The van der Waals surface area contributed by atoms with Crippen molar-refractivity contribution in [3.8, 4) is 0 Å². The Hall–Kier alpha value is -0.640. The van der Waals surface area contributed by atoms with E-state index in [0.29, 0.717) is 11.8 Å². The average molecular weight is 377 g/mol. The Kier molecular flexibility index (Phi) is 6.41. The molecule has 0 aromatic heterocycles. The molecule has 2 heterocycles. The third kappa shape index (κ3) is 6.17. The van der Waals surface area contributed by atoms with Crippen LogP contribution in [-0.4, -0.2) is 34.4 Å². The van der Waals surface area contributed by atoms with Crippen molar-refractivity contribution < 1.29 is 4.74 Å². The van der Waals surface area contributed by atoms with Crippen LogP contribution in [0, 0.1) is 11.8 Å². The van der Waals surface area contributed by atoms with Crippen LogP contribution in [-0.2, 0) is 4.74 Å². The standard InChI is InChI=1S/C24H44N2O/c1-11-19(17-13-21(3,4)25-22(5,6)14-17)27-20(12-2)18-15-23(7,8)26-24(9,10)16-18/h11-12,17-20,25-26H,1-2,13-16H2,3-10H3. The molecule has 0 radical (unpaired) electrons. The van der Waals surface area contributed by atoms with E-state index in [1.807, 2.05) is 12.2 Å². The van der Waals surface area contributed by atoms with E-state index < -0.39 is 0 Å². The van der Waals surface area contributed by atoms with Gasteiger partial charge in [0.1, 0.15) is 0 Å². The predicted molar refractivity (Wildman–Crippen MR) is 117 cm³/mol. The van der Waals surface area contributed by atoms with Crippen molar-refractivity contribution in [2.45, 2.75) is 115 Å². The molecule has 0 bridgehead atoms. The second kappa shape index (κ2) is 7.65. The first-order chi connectivity index (χ1) is 12.2. The number of hydrogen-bond donors (Lipinski definition) is 2. The highest BCUT2D eigenvalue weighted by molar-refractivity contribution is 5.05. The summed E-state index contributed by atoms with van der Waals surface area (Å²) >= 11 is 0. The Balaban J connectivity index is 2.15. The van der Waals surface area contributed by atoms with E-state index in [1.54, 1.807) is 0 Å². The topological polar surface area (TPSA) is 33.3 Å². The van der Waals surface area contributed by atoms with Gasteiger partial charge in [0.2, 0.25) is 0 Å². The van der Waals surface area contributed by atoms with Crippen LogP contribution in [0.1, 0.15) is 81.1 Å². The molecule has 2 rings (SSSR count). The molecule has 156 valence electrons. The summed E-state index contributed by atoms with van der Waals surface area (Å²) in [6.45, 7) is 26.6. The summed E-state index contributed by atoms with van der Waals surface area (Å²) in [5.41, 5.74) is 0.442. The molecule has 2 aliphatic heterocycles. The lowest BCUT2D eigenvalue weighted by atomic mass is 9.72. The minimum Gasteiger partial charge on any atom is -0.366 e. The van der Waals surface area contributed by atoms with Gasteiger partial charge in [0, 0.05) is 22.2 Å². The molecular weight excluding hydrogens is 332 g/mol. The van der Waals surface area contributed by atoms with Crippen molar-refractivity contribution in [3.05, 3.63) is 25.3 Å². The fourth-order valence-corrected chi connectivity index (χ4v) is 6.17. The average Bonchev–Trinajstić information content (AvgIpc) is 2.41. The van der Waals surface area contributed by atoms with Gasteiger partial charge < -0.3 is 15.4 Å². The molecule has 2 aliphatic rings. The zero-order valence-electron chi connectivity index (χ0n) is 19.1. The van der Waals surface area contributed by atoms with E-state index in [0.717, 1.165) is 25.7 Å². The van der Waals surface area contributed by atoms with Crippen LogP contribution in [0.5, 0.6) is 0 Å². The number of rotatable bonds is 6. The Morgan fingerprint density at radius 3 is 1.15 bits per heavy atom. The summed E-state index contributed by atoms with van der Waals surface area (Å²) in [7, 11) is 0. The molecule has 0 saturated carbocycles. The first-order valence-electron chi connectivity index (χ1n) is 10.7. The minimum absolute atomic E-state index is 0.0646. The second-order valence-corrected chi connectivity index (χ2v) is 11.7. The van der Waals surface area contributed by atoms with Crippen molar-refractivity contribution in [2.24, 2.45) is 11.8 Å². The van der Waals surface area contributed by atoms with Crippen LogP contribution in [0.4, 0.5) is 0 Å². The van der Waals surface area contributed by atoms with Gasteiger partial charge in [-0.05, 0) is 92.9 Å². The van der Waals surface area contributed by atoms with Crippen molar-refractivity contribution in [3.63, 3.8) is 0 Å². The fraction of sp³-hybridized carbons (Fsp3) is 0.833. The van der Waals surface area contributed by atoms with Gasteiger partial charge in [-0.25, -0.2) is 0 Å². The summed E-state index contributed by atoms with van der Waals surface area (Å²) in [5, 5.41) is 7.55. The van der Waals surface area contributed by atoms with Gasteiger partial charge in [-0.2, -0.15) is 0 Å². The van der Waals surface area contributed by atoms with Crippen molar-refractivity contribution in [2.75, 3.05) is 0 Å². The third-order valence-electron chi connectivity index (χ3n) is 6.15. The molecule has 2 fully saturated rings. The van der Waals surface area contributed by atoms with Crippen LogP contribution in [0.2, 0.25) is 0 Å². The molecule has 0 aliphatic carbocycles. The van der Waals surface area contributed by atoms with Gasteiger partial charge in [0.15, 0.2) is 0 Å². The molecule has 2 N–H and O–H groups in total. The zero-order valence-corrected chi connectivity index (χ0v) is 19.1. The van der Waals surface area contributed by atoms with Crippen LogP contribution in [0.3, 0.4) is 0 Å². The Bertz CT molecular complexity index is 467. The Morgan fingerprint density at radius 1 is 0.667 bits per heavy atom. The lowest BCUT2D eigenvalue weighted by molar-refractivity contribution is -0.0638. The Morgan fingerprint density at radius 2 is 0.926 bits per heavy atom. The summed E-state index contributed by atoms with van der Waals surface area (Å²) < 4.78 is 6.71. The van der Waals surface area contributed by atoms with Gasteiger partial charge in [0.25, 0.3) is 0 Å². The third-order valence-corrected chi connectivity index (χ3v) is 6.15. The highest BCUT2D eigenvalue weighted by Crippen LogP contribution is 2.39. The molecule has 0 aromatic carbocycles. The molecule has 27 heavy (non-hydrogen) atoms. The van der Waals surface area contributed by atoms with E-state index in [4.69, 9.17) is 4.74 Å². The smallest absolute Gasteiger partial charge is 0.0790 e. The molecular formula is C24H44N2O. The van der Waals surface area contributed by atoms with Crippen molar-refractivity contribution in [1.29, 1.82) is 0 Å². The van der Waals surface area contributed by atoms with Crippen LogP contribution in [0.25, 0.3) is 0 Å². The number of ether oxygens (including phenoxy) is 1. The maximum atomic E-state index is 6.71. The predicted octanol–water partition coefficient (Wildman–Crippen LogP) is 5.23. The summed E-state index contributed by atoms with van der Waals surface area (Å²) in [4.78, 5) is 0. The summed E-state index contributed by atoms with van der Waals surface area (Å²) in [5.74, 6) is 0.942. The highest BCUT2D eigenvalue weighted by atomic mass is 16.5. The first-order valence-corrected chi connectivity index (χ1v) is 10.7. The van der Waals surface area contributed by atoms with Gasteiger partial charge in [-0.3, -0.25) is 0 Å². The van der Waals surface area contributed by atoms with E-state index in [-0.39, 0.29) is 34.4 Å². The molecule has 2 atom stereocenters. The molecule has 2 saturated heterocycles. The number of hydrogen-bond acceptors (Lipinski definition) is 3. The molecule has 0 aromatic rings. The van der Waals surface area contributed by atoms with E-state index >= 15 is 0 Å². The normalized spacial score (nSPS) is 29.6. The second-order valence-electron chi connectivity index (χ2n) is 11.7. The lowest BCUT2D eigenvalue weighted by Gasteiger charge is -2.50. The van der Waals surface area contributed by atoms with Crippen molar-refractivity contribution in [1.82, 2.24) is 10.6 Å². The molecule has 2 unspecified atom stereocenters. The molecule has 0 amide bonds. The molecule has 3 heteroatoms. The molecule has 3 nitrogen and oxygen atoms in total. The minimum atomic E-state index is 0.0646. The van der Waals surface area contributed by atoms with E-state index in [1.165, 1.54) is 0 Å².